The number of methoxy groups -OCH3 is 2. The van der Waals surface area contributed by atoms with Gasteiger partial charge in [0.25, 0.3) is 0 Å². The van der Waals surface area contributed by atoms with E-state index in [-0.39, 0.29) is 0 Å². The minimum absolute atomic E-state index is 0.689. The van der Waals surface area contributed by atoms with E-state index >= 15 is 0 Å². The summed E-state index contributed by atoms with van der Waals surface area (Å²) in [5.74, 6) is 2.26. The second kappa shape index (κ2) is 6.32. The number of benzene rings is 2. The van der Waals surface area contributed by atoms with Crippen molar-refractivity contribution < 1.29 is 9.47 Å². The summed E-state index contributed by atoms with van der Waals surface area (Å²) >= 11 is 0. The topological polar surface area (TPSA) is 35.8 Å². The van der Waals surface area contributed by atoms with Crippen molar-refractivity contribution in [3.05, 3.63) is 72.9 Å². The monoisotopic (exact) mass is 330 g/mol. The SMILES string of the molecule is COc1ccc(-c2nc(-c3ccccc3)c3ccccn23)cc1OC. The van der Waals surface area contributed by atoms with Gasteiger partial charge in [-0.05, 0) is 30.3 Å². The van der Waals surface area contributed by atoms with Crippen molar-refractivity contribution in [3.8, 4) is 34.1 Å². The summed E-state index contributed by atoms with van der Waals surface area (Å²) in [6, 6.07) is 22.2. The van der Waals surface area contributed by atoms with Crippen LogP contribution in [-0.4, -0.2) is 23.6 Å². The van der Waals surface area contributed by atoms with E-state index < -0.39 is 0 Å². The lowest BCUT2D eigenvalue weighted by atomic mass is 10.1. The molecule has 4 nitrogen and oxygen atoms in total. The van der Waals surface area contributed by atoms with E-state index in [9.17, 15) is 0 Å². The van der Waals surface area contributed by atoms with Crippen LogP contribution in [0.5, 0.6) is 11.5 Å². The summed E-state index contributed by atoms with van der Waals surface area (Å²) in [4.78, 5) is 4.93. The molecule has 0 saturated carbocycles. The second-order valence-corrected chi connectivity index (χ2v) is 5.68. The molecule has 0 aliphatic heterocycles. The first-order valence-electron chi connectivity index (χ1n) is 8.06. The number of fused-ring (bicyclic) bond motifs is 1. The van der Waals surface area contributed by atoms with Crippen molar-refractivity contribution >= 4 is 5.52 Å². The van der Waals surface area contributed by atoms with Crippen LogP contribution in [-0.2, 0) is 0 Å². The molecule has 4 heteroatoms. The van der Waals surface area contributed by atoms with Crippen LogP contribution < -0.4 is 9.47 Å². The van der Waals surface area contributed by atoms with Gasteiger partial charge in [0.15, 0.2) is 11.5 Å². The Morgan fingerprint density at radius 3 is 2.28 bits per heavy atom. The Morgan fingerprint density at radius 1 is 0.760 bits per heavy atom. The highest BCUT2D eigenvalue weighted by Crippen LogP contribution is 2.34. The number of rotatable bonds is 4. The predicted molar refractivity (Wildman–Crippen MR) is 99.2 cm³/mol. The van der Waals surface area contributed by atoms with Gasteiger partial charge >= 0.3 is 0 Å². The van der Waals surface area contributed by atoms with Crippen LogP contribution >= 0.6 is 0 Å². The third kappa shape index (κ3) is 2.62. The zero-order valence-electron chi connectivity index (χ0n) is 14.1. The summed E-state index contributed by atoms with van der Waals surface area (Å²) < 4.78 is 12.9. The molecule has 0 spiro atoms. The lowest BCUT2D eigenvalue weighted by Gasteiger charge is -2.09. The van der Waals surface area contributed by atoms with E-state index in [1.54, 1.807) is 14.2 Å². The molecule has 4 aromatic rings. The molecule has 0 aliphatic rings. The van der Waals surface area contributed by atoms with Crippen LogP contribution in [0.25, 0.3) is 28.2 Å². The molecule has 124 valence electrons. The summed E-state index contributed by atoms with van der Waals surface area (Å²) in [5, 5.41) is 0. The Bertz CT molecular complexity index is 1020. The quantitative estimate of drug-likeness (QED) is 0.545. The molecule has 0 atom stereocenters. The minimum Gasteiger partial charge on any atom is -0.493 e. The van der Waals surface area contributed by atoms with E-state index in [1.807, 2.05) is 54.7 Å². The Balaban J connectivity index is 1.94. The smallest absolute Gasteiger partial charge is 0.161 e. The van der Waals surface area contributed by atoms with Crippen molar-refractivity contribution in [1.82, 2.24) is 9.38 Å². The summed E-state index contributed by atoms with van der Waals surface area (Å²) in [6.07, 6.45) is 2.03. The summed E-state index contributed by atoms with van der Waals surface area (Å²) in [6.45, 7) is 0. The molecule has 25 heavy (non-hydrogen) atoms. The predicted octanol–water partition coefficient (Wildman–Crippen LogP) is 4.69. The molecule has 0 radical (unpaired) electrons. The number of hydrogen-bond acceptors (Lipinski definition) is 3. The fourth-order valence-electron chi connectivity index (χ4n) is 3.03. The highest BCUT2D eigenvalue weighted by atomic mass is 16.5. The first kappa shape index (κ1) is 15.3. The zero-order valence-corrected chi connectivity index (χ0v) is 14.1. The maximum absolute atomic E-state index is 5.44. The van der Waals surface area contributed by atoms with Crippen LogP contribution in [0.2, 0.25) is 0 Å². The van der Waals surface area contributed by atoms with Gasteiger partial charge in [0.05, 0.1) is 25.4 Å². The molecular weight excluding hydrogens is 312 g/mol. The first-order chi connectivity index (χ1) is 12.3. The fraction of sp³-hybridized carbons (Fsp3) is 0.0952. The Kier molecular flexibility index (Phi) is 3.86. The molecule has 0 aliphatic carbocycles. The van der Waals surface area contributed by atoms with E-state index in [0.29, 0.717) is 11.5 Å². The molecular formula is C21H18N2O2. The van der Waals surface area contributed by atoms with Gasteiger partial charge in [-0.1, -0.05) is 36.4 Å². The molecule has 0 N–H and O–H groups in total. The van der Waals surface area contributed by atoms with E-state index in [1.165, 1.54) is 0 Å². The Hall–Kier alpha value is -3.27. The van der Waals surface area contributed by atoms with Crippen molar-refractivity contribution in [2.75, 3.05) is 14.2 Å². The first-order valence-corrected chi connectivity index (χ1v) is 8.06. The summed E-state index contributed by atoms with van der Waals surface area (Å²) in [7, 11) is 3.27. The maximum atomic E-state index is 5.44. The number of ether oxygens (including phenoxy) is 2. The van der Waals surface area contributed by atoms with Gasteiger partial charge in [0.2, 0.25) is 0 Å². The van der Waals surface area contributed by atoms with Crippen molar-refractivity contribution in [3.63, 3.8) is 0 Å². The second-order valence-electron chi connectivity index (χ2n) is 5.68. The third-order valence-corrected chi connectivity index (χ3v) is 4.24. The maximum Gasteiger partial charge on any atom is 0.161 e. The normalized spacial score (nSPS) is 10.8. The van der Waals surface area contributed by atoms with E-state index in [4.69, 9.17) is 14.5 Å². The lowest BCUT2D eigenvalue weighted by molar-refractivity contribution is 0.355. The lowest BCUT2D eigenvalue weighted by Crippen LogP contribution is -1.93. The molecule has 0 unspecified atom stereocenters. The summed E-state index contributed by atoms with van der Waals surface area (Å²) in [5.41, 5.74) is 4.10. The van der Waals surface area contributed by atoms with Gasteiger partial charge in [-0.2, -0.15) is 0 Å². The van der Waals surface area contributed by atoms with Gasteiger partial charge < -0.3 is 9.47 Å². The van der Waals surface area contributed by atoms with Gasteiger partial charge in [-0.3, -0.25) is 4.40 Å². The highest BCUT2D eigenvalue weighted by molar-refractivity contribution is 5.81. The molecule has 0 amide bonds. The number of hydrogen-bond donors (Lipinski definition) is 0. The van der Waals surface area contributed by atoms with Gasteiger partial charge in [0, 0.05) is 17.3 Å². The van der Waals surface area contributed by atoms with Crippen molar-refractivity contribution in [2.45, 2.75) is 0 Å². The number of aromatic nitrogens is 2. The van der Waals surface area contributed by atoms with E-state index in [2.05, 4.69) is 22.6 Å². The third-order valence-electron chi connectivity index (χ3n) is 4.24. The van der Waals surface area contributed by atoms with Crippen molar-refractivity contribution in [1.29, 1.82) is 0 Å². The molecule has 0 fully saturated rings. The van der Waals surface area contributed by atoms with Crippen LogP contribution in [0, 0.1) is 0 Å². The van der Waals surface area contributed by atoms with Crippen LogP contribution in [0.1, 0.15) is 0 Å². The van der Waals surface area contributed by atoms with E-state index in [0.717, 1.165) is 28.2 Å². The van der Waals surface area contributed by atoms with Crippen molar-refractivity contribution in [2.24, 2.45) is 0 Å². The van der Waals surface area contributed by atoms with Gasteiger partial charge in [0.1, 0.15) is 5.82 Å². The largest absolute Gasteiger partial charge is 0.493 e. The average Bonchev–Trinajstić information content (AvgIpc) is 3.08. The molecule has 2 aromatic heterocycles. The molecule has 2 aromatic carbocycles. The van der Waals surface area contributed by atoms with Crippen LogP contribution in [0.4, 0.5) is 0 Å². The standard InChI is InChI=1S/C21H18N2O2/c1-24-18-12-11-16(14-19(18)25-2)21-22-20(15-8-4-3-5-9-15)17-10-6-7-13-23(17)21/h3-14H,1-2H3. The van der Waals surface area contributed by atoms with Crippen LogP contribution in [0.15, 0.2) is 72.9 Å². The fourth-order valence-corrected chi connectivity index (χ4v) is 3.03. The minimum atomic E-state index is 0.689. The Labute approximate surface area is 146 Å². The van der Waals surface area contributed by atoms with Crippen LogP contribution in [0.3, 0.4) is 0 Å². The zero-order chi connectivity index (χ0) is 17.2. The number of nitrogens with zero attached hydrogens (tertiary/aromatic N) is 2. The van der Waals surface area contributed by atoms with Gasteiger partial charge in [-0.15, -0.1) is 0 Å². The number of imidazole rings is 1. The molecule has 2 heterocycles. The highest BCUT2D eigenvalue weighted by Gasteiger charge is 2.15. The number of pyridine rings is 1. The molecule has 4 rings (SSSR count). The van der Waals surface area contributed by atoms with Gasteiger partial charge in [-0.25, -0.2) is 4.98 Å². The Morgan fingerprint density at radius 2 is 1.52 bits per heavy atom. The average molecular weight is 330 g/mol. The molecule has 0 bridgehead atoms. The molecule has 0 saturated heterocycles.